The smallest absolute Gasteiger partial charge is 0.186 e. The van der Waals surface area contributed by atoms with E-state index in [1.807, 2.05) is 22.9 Å². The lowest BCUT2D eigenvalue weighted by Crippen LogP contribution is -2.48. The fraction of sp³-hybridized carbons (Fsp3) is 0.310. The lowest BCUT2D eigenvalue weighted by atomic mass is 10.0. The summed E-state index contributed by atoms with van der Waals surface area (Å²) in [5.41, 5.74) is 4.53. The first-order chi connectivity index (χ1) is 19.1. The average molecular weight is 541 g/mol. The van der Waals surface area contributed by atoms with Crippen molar-refractivity contribution < 1.29 is 4.74 Å². The number of nitrogens with zero attached hydrogens (tertiary/aromatic N) is 8. The van der Waals surface area contributed by atoms with E-state index in [2.05, 4.69) is 98.9 Å². The summed E-state index contributed by atoms with van der Waals surface area (Å²) >= 11 is 1.76. The van der Waals surface area contributed by atoms with Gasteiger partial charge in [-0.3, -0.25) is 4.90 Å². The topological polar surface area (TPSA) is 75.4 Å². The van der Waals surface area contributed by atoms with Crippen LogP contribution in [-0.4, -0.2) is 77.5 Å². The third kappa shape index (κ3) is 5.30. The Bertz CT molecular complexity index is 1490. The molecule has 6 rings (SSSR count). The van der Waals surface area contributed by atoms with Gasteiger partial charge in [0.05, 0.1) is 29.9 Å². The number of hydrogen-bond acceptors (Lipinski definition) is 9. The Morgan fingerprint density at radius 1 is 0.923 bits per heavy atom. The molecule has 0 N–H and O–H groups in total. The zero-order chi connectivity index (χ0) is 26.8. The lowest BCUT2D eigenvalue weighted by Gasteiger charge is -2.39. The number of tetrazole rings is 1. The molecule has 9 nitrogen and oxygen atoms in total. The number of hydrogen-bond donors (Lipinski definition) is 0. The van der Waals surface area contributed by atoms with Crippen LogP contribution in [0, 0.1) is 0 Å². The largest absolute Gasteiger partial charge is 0.497 e. The molecule has 0 saturated carbocycles. The Hall–Kier alpha value is -4.02. The summed E-state index contributed by atoms with van der Waals surface area (Å²) in [4.78, 5) is 11.9. The quantitative estimate of drug-likeness (QED) is 0.288. The molecule has 0 bridgehead atoms. The molecule has 1 saturated heterocycles. The average Bonchev–Trinajstić information content (AvgIpc) is 3.61. The molecule has 1 atom stereocenters. The van der Waals surface area contributed by atoms with Gasteiger partial charge < -0.3 is 14.5 Å². The molecule has 0 spiro atoms. The highest BCUT2D eigenvalue weighted by Crippen LogP contribution is 2.33. The van der Waals surface area contributed by atoms with Crippen LogP contribution in [0.2, 0.25) is 0 Å². The molecule has 0 unspecified atom stereocenters. The summed E-state index contributed by atoms with van der Waals surface area (Å²) in [5, 5.41) is 14.2. The lowest BCUT2D eigenvalue weighted by molar-refractivity contribution is 0.201. The summed E-state index contributed by atoms with van der Waals surface area (Å²) in [5.74, 6) is 1.68. The molecular formula is C29H32N8OS. The van der Waals surface area contributed by atoms with Crippen LogP contribution in [0.25, 0.3) is 10.2 Å². The van der Waals surface area contributed by atoms with Crippen molar-refractivity contribution in [1.29, 1.82) is 0 Å². The third-order valence-electron chi connectivity index (χ3n) is 7.25. The van der Waals surface area contributed by atoms with Crippen LogP contribution in [0.5, 0.6) is 5.75 Å². The minimum Gasteiger partial charge on any atom is -0.497 e. The van der Waals surface area contributed by atoms with E-state index in [4.69, 9.17) is 9.72 Å². The van der Waals surface area contributed by atoms with E-state index in [0.29, 0.717) is 6.54 Å². The van der Waals surface area contributed by atoms with E-state index < -0.39 is 0 Å². The van der Waals surface area contributed by atoms with Gasteiger partial charge in [0, 0.05) is 46.0 Å². The van der Waals surface area contributed by atoms with Crippen molar-refractivity contribution in [3.8, 4) is 5.75 Å². The van der Waals surface area contributed by atoms with Gasteiger partial charge in [-0.25, -0.2) is 9.67 Å². The van der Waals surface area contributed by atoms with Gasteiger partial charge >= 0.3 is 0 Å². The molecule has 0 aliphatic carbocycles. The highest BCUT2D eigenvalue weighted by Gasteiger charge is 2.31. The van der Waals surface area contributed by atoms with Crippen molar-refractivity contribution in [2.45, 2.75) is 12.6 Å². The first-order valence-electron chi connectivity index (χ1n) is 13.1. The van der Waals surface area contributed by atoms with Gasteiger partial charge in [0.15, 0.2) is 11.0 Å². The standard InChI is InChI=1S/C29H32N8OS/c1-34(2)23-12-10-22(11-13-23)27(28-31-32-33-37(28)20-21-8-14-24(38-3)15-9-21)35-16-18-36(19-17-35)29-30-25-6-4-5-7-26(25)39-29/h4-15,27H,16-20H2,1-3H3/t27-/m0/s1. The van der Waals surface area contributed by atoms with E-state index >= 15 is 0 Å². The van der Waals surface area contributed by atoms with Gasteiger partial charge in [0.2, 0.25) is 0 Å². The third-order valence-corrected chi connectivity index (χ3v) is 8.35. The van der Waals surface area contributed by atoms with Crippen LogP contribution in [0.15, 0.2) is 72.8 Å². The molecule has 0 radical (unpaired) electrons. The Kier molecular flexibility index (Phi) is 7.12. The highest BCUT2D eigenvalue weighted by atomic mass is 32.1. The van der Waals surface area contributed by atoms with Gasteiger partial charge in [-0.2, -0.15) is 0 Å². The molecular weight excluding hydrogens is 508 g/mol. The van der Waals surface area contributed by atoms with E-state index in [1.54, 1.807) is 18.4 Å². The first-order valence-corrected chi connectivity index (χ1v) is 13.9. The first kappa shape index (κ1) is 25.3. The van der Waals surface area contributed by atoms with Crippen molar-refractivity contribution in [1.82, 2.24) is 30.1 Å². The molecule has 0 amide bonds. The SMILES string of the molecule is COc1ccc(Cn2nnnc2[C@H](c2ccc(N(C)C)cc2)N2CCN(c3nc4ccccc4s3)CC2)cc1. The number of methoxy groups -OCH3 is 1. The predicted octanol–water partition coefficient (Wildman–Crippen LogP) is 4.32. The number of para-hydroxylation sites is 1. The Morgan fingerprint density at radius 3 is 2.36 bits per heavy atom. The van der Waals surface area contributed by atoms with Gasteiger partial charge in [-0.05, 0) is 58.0 Å². The maximum absolute atomic E-state index is 5.32. The molecule has 5 aromatic rings. The minimum atomic E-state index is -0.0630. The van der Waals surface area contributed by atoms with Crippen molar-refractivity contribution in [2.24, 2.45) is 0 Å². The number of aromatic nitrogens is 5. The van der Waals surface area contributed by atoms with Crippen molar-refractivity contribution >= 4 is 32.4 Å². The van der Waals surface area contributed by atoms with E-state index in [1.165, 1.54) is 10.3 Å². The van der Waals surface area contributed by atoms with E-state index in [9.17, 15) is 0 Å². The normalized spacial score (nSPS) is 15.0. The van der Waals surface area contributed by atoms with Crippen molar-refractivity contribution in [2.75, 3.05) is 57.2 Å². The zero-order valence-electron chi connectivity index (χ0n) is 22.4. The van der Waals surface area contributed by atoms with Crippen LogP contribution < -0.4 is 14.5 Å². The van der Waals surface area contributed by atoms with Gasteiger partial charge in [0.1, 0.15) is 5.75 Å². The highest BCUT2D eigenvalue weighted by molar-refractivity contribution is 7.22. The monoisotopic (exact) mass is 540 g/mol. The number of fused-ring (bicyclic) bond motifs is 1. The molecule has 2 aromatic heterocycles. The van der Waals surface area contributed by atoms with Crippen molar-refractivity contribution in [3.63, 3.8) is 0 Å². The Morgan fingerprint density at radius 2 is 1.67 bits per heavy atom. The maximum Gasteiger partial charge on any atom is 0.186 e. The van der Waals surface area contributed by atoms with Gasteiger partial charge in [0.25, 0.3) is 0 Å². The second kappa shape index (κ2) is 11.0. The number of rotatable bonds is 8. The fourth-order valence-electron chi connectivity index (χ4n) is 5.07. The minimum absolute atomic E-state index is 0.0630. The summed E-state index contributed by atoms with van der Waals surface area (Å²) in [6.45, 7) is 4.14. The molecule has 10 heteroatoms. The molecule has 3 heterocycles. The number of thiazole rings is 1. The summed E-state index contributed by atoms with van der Waals surface area (Å²) in [6, 6.07) is 25.1. The van der Waals surface area contributed by atoms with Gasteiger partial charge in [-0.15, -0.1) is 5.10 Å². The molecule has 200 valence electrons. The molecule has 1 aliphatic heterocycles. The number of piperazine rings is 1. The number of anilines is 2. The molecule has 1 fully saturated rings. The zero-order valence-corrected chi connectivity index (χ0v) is 23.3. The van der Waals surface area contributed by atoms with Crippen molar-refractivity contribution in [3.05, 3.63) is 89.7 Å². The molecule has 3 aromatic carbocycles. The summed E-state index contributed by atoms with van der Waals surface area (Å²) < 4.78 is 8.47. The Labute approximate surface area is 232 Å². The second-order valence-corrected chi connectivity index (χ2v) is 10.9. The number of benzene rings is 3. The van der Waals surface area contributed by atoms with Crippen LogP contribution in [-0.2, 0) is 6.54 Å². The van der Waals surface area contributed by atoms with E-state index in [0.717, 1.165) is 59.7 Å². The van der Waals surface area contributed by atoms with Gasteiger partial charge in [-0.1, -0.05) is 47.7 Å². The predicted molar refractivity (Wildman–Crippen MR) is 156 cm³/mol. The fourth-order valence-corrected chi connectivity index (χ4v) is 6.09. The van der Waals surface area contributed by atoms with Crippen LogP contribution in [0.4, 0.5) is 10.8 Å². The van der Waals surface area contributed by atoms with Crippen LogP contribution in [0.3, 0.4) is 0 Å². The maximum atomic E-state index is 5.32. The summed E-state index contributed by atoms with van der Waals surface area (Å²) in [6.07, 6.45) is 0. The van der Waals surface area contributed by atoms with Crippen LogP contribution in [0.1, 0.15) is 23.0 Å². The summed E-state index contributed by atoms with van der Waals surface area (Å²) in [7, 11) is 5.80. The second-order valence-electron chi connectivity index (χ2n) is 9.92. The molecule has 1 aliphatic rings. The van der Waals surface area contributed by atoms with Crippen LogP contribution >= 0.6 is 11.3 Å². The van der Waals surface area contributed by atoms with E-state index in [-0.39, 0.29) is 6.04 Å². The number of ether oxygens (including phenoxy) is 1. The Balaban J connectivity index is 1.27. The molecule has 39 heavy (non-hydrogen) atoms.